The molecule has 2 aliphatic rings. The predicted octanol–water partition coefficient (Wildman–Crippen LogP) is 3.24. The van der Waals surface area contributed by atoms with E-state index in [1.807, 2.05) is 23.9 Å². The normalized spacial score (nSPS) is 25.3. The Hall–Kier alpha value is -1.16. The maximum absolute atomic E-state index is 5.93. The molecule has 4 heteroatoms. The van der Waals surface area contributed by atoms with E-state index in [0.717, 1.165) is 42.5 Å². The molecule has 1 saturated heterocycles. The van der Waals surface area contributed by atoms with Gasteiger partial charge in [0.2, 0.25) is 0 Å². The van der Waals surface area contributed by atoms with Crippen LogP contribution in [0, 0.1) is 0 Å². The number of fused-ring (bicyclic) bond motifs is 1. The molecule has 1 N–H and O–H groups in total. The molecule has 0 amide bonds. The first-order chi connectivity index (χ1) is 9.74. The summed E-state index contributed by atoms with van der Waals surface area (Å²) in [6.07, 6.45) is 3.48. The molecular formula is C16H22N2OS. The Bertz CT molecular complexity index is 486. The van der Waals surface area contributed by atoms with Gasteiger partial charge in [-0.25, -0.2) is 0 Å². The number of hydrogen-bond donors (Lipinski definition) is 1. The molecule has 1 aromatic rings. The van der Waals surface area contributed by atoms with Crippen molar-refractivity contribution in [3.05, 3.63) is 29.8 Å². The average Bonchev–Trinajstić information content (AvgIpc) is 3.09. The first-order valence-corrected chi connectivity index (χ1v) is 8.43. The second kappa shape index (κ2) is 5.68. The van der Waals surface area contributed by atoms with Gasteiger partial charge in [-0.05, 0) is 24.5 Å². The molecule has 1 fully saturated rings. The van der Waals surface area contributed by atoms with Gasteiger partial charge in [-0.3, -0.25) is 4.99 Å². The van der Waals surface area contributed by atoms with Crippen LogP contribution >= 0.6 is 11.8 Å². The minimum atomic E-state index is 0.195. The SMILES string of the molecule is CCC1(CC)CSC(=NCC2Cc3ccccc3O2)N1. The van der Waals surface area contributed by atoms with Gasteiger partial charge in [0.05, 0.1) is 6.54 Å². The topological polar surface area (TPSA) is 33.6 Å². The summed E-state index contributed by atoms with van der Waals surface area (Å²) >= 11 is 1.85. The summed E-state index contributed by atoms with van der Waals surface area (Å²) in [7, 11) is 0. The van der Waals surface area contributed by atoms with Crippen molar-refractivity contribution < 1.29 is 4.74 Å². The third-order valence-corrected chi connectivity index (χ3v) is 5.56. The summed E-state index contributed by atoms with van der Waals surface area (Å²) in [5.74, 6) is 2.16. The predicted molar refractivity (Wildman–Crippen MR) is 85.8 cm³/mol. The fraction of sp³-hybridized carbons (Fsp3) is 0.562. The van der Waals surface area contributed by atoms with E-state index >= 15 is 0 Å². The van der Waals surface area contributed by atoms with Crippen molar-refractivity contribution in [3.63, 3.8) is 0 Å². The Kier molecular flexibility index (Phi) is 3.92. The molecule has 1 unspecified atom stereocenters. The summed E-state index contributed by atoms with van der Waals surface area (Å²) in [6, 6.07) is 8.29. The molecular weight excluding hydrogens is 268 g/mol. The molecule has 0 saturated carbocycles. The summed E-state index contributed by atoms with van der Waals surface area (Å²) in [5.41, 5.74) is 1.56. The molecule has 0 spiro atoms. The van der Waals surface area contributed by atoms with Crippen LogP contribution < -0.4 is 10.1 Å². The summed E-state index contributed by atoms with van der Waals surface area (Å²) in [5, 5.41) is 4.70. The molecule has 20 heavy (non-hydrogen) atoms. The monoisotopic (exact) mass is 290 g/mol. The molecule has 2 aliphatic heterocycles. The van der Waals surface area contributed by atoms with E-state index in [2.05, 4.69) is 31.3 Å². The number of benzene rings is 1. The zero-order chi connectivity index (χ0) is 14.0. The number of nitrogens with zero attached hydrogens (tertiary/aromatic N) is 1. The van der Waals surface area contributed by atoms with Crippen LogP contribution in [-0.2, 0) is 6.42 Å². The van der Waals surface area contributed by atoms with Crippen LogP contribution in [0.15, 0.2) is 29.3 Å². The highest BCUT2D eigenvalue weighted by Gasteiger charge is 2.34. The maximum atomic E-state index is 5.93. The lowest BCUT2D eigenvalue weighted by atomic mass is 9.96. The van der Waals surface area contributed by atoms with Crippen LogP contribution in [-0.4, -0.2) is 29.1 Å². The van der Waals surface area contributed by atoms with Gasteiger partial charge < -0.3 is 10.1 Å². The Balaban J connectivity index is 1.58. The third kappa shape index (κ3) is 2.66. The Morgan fingerprint density at radius 1 is 1.35 bits per heavy atom. The average molecular weight is 290 g/mol. The van der Waals surface area contributed by atoms with Crippen molar-refractivity contribution in [2.75, 3.05) is 12.3 Å². The van der Waals surface area contributed by atoms with Gasteiger partial charge >= 0.3 is 0 Å². The molecule has 3 rings (SSSR count). The van der Waals surface area contributed by atoms with E-state index in [1.165, 1.54) is 5.56 Å². The number of rotatable bonds is 4. The summed E-state index contributed by atoms with van der Waals surface area (Å²) in [6.45, 7) is 5.24. The molecule has 2 heterocycles. The highest BCUT2D eigenvalue weighted by Crippen LogP contribution is 2.30. The van der Waals surface area contributed by atoms with E-state index in [-0.39, 0.29) is 11.6 Å². The van der Waals surface area contributed by atoms with Crippen LogP contribution in [0.1, 0.15) is 32.3 Å². The first-order valence-electron chi connectivity index (χ1n) is 7.44. The molecule has 108 valence electrons. The van der Waals surface area contributed by atoms with Crippen molar-refractivity contribution in [1.82, 2.24) is 5.32 Å². The number of aliphatic imine (C=N–C) groups is 1. The van der Waals surface area contributed by atoms with Crippen LogP contribution in [0.3, 0.4) is 0 Å². The highest BCUT2D eigenvalue weighted by atomic mass is 32.2. The van der Waals surface area contributed by atoms with Crippen molar-refractivity contribution in [2.24, 2.45) is 4.99 Å². The molecule has 0 radical (unpaired) electrons. The first kappa shape index (κ1) is 13.8. The van der Waals surface area contributed by atoms with Gasteiger partial charge in [0, 0.05) is 17.7 Å². The van der Waals surface area contributed by atoms with Crippen LogP contribution in [0.25, 0.3) is 0 Å². The molecule has 1 aromatic carbocycles. The van der Waals surface area contributed by atoms with Crippen molar-refractivity contribution in [3.8, 4) is 5.75 Å². The number of hydrogen-bond acceptors (Lipinski definition) is 3. The maximum Gasteiger partial charge on any atom is 0.157 e. The molecule has 1 atom stereocenters. The molecule has 0 aromatic heterocycles. The van der Waals surface area contributed by atoms with Crippen molar-refractivity contribution in [2.45, 2.75) is 44.8 Å². The second-order valence-electron chi connectivity index (χ2n) is 5.60. The number of nitrogens with one attached hydrogen (secondary N) is 1. The van der Waals surface area contributed by atoms with Gasteiger partial charge in [0.15, 0.2) is 5.17 Å². The van der Waals surface area contributed by atoms with Gasteiger partial charge in [-0.15, -0.1) is 0 Å². The fourth-order valence-corrected chi connectivity index (χ4v) is 4.11. The smallest absolute Gasteiger partial charge is 0.157 e. The Morgan fingerprint density at radius 2 is 2.15 bits per heavy atom. The lowest BCUT2D eigenvalue weighted by Crippen LogP contribution is -2.42. The minimum Gasteiger partial charge on any atom is -0.488 e. The van der Waals surface area contributed by atoms with Gasteiger partial charge in [-0.2, -0.15) is 0 Å². The van der Waals surface area contributed by atoms with Gasteiger partial charge in [0.25, 0.3) is 0 Å². The number of thioether (sulfide) groups is 1. The molecule has 3 nitrogen and oxygen atoms in total. The lowest BCUT2D eigenvalue weighted by molar-refractivity contribution is 0.242. The van der Waals surface area contributed by atoms with E-state index in [1.54, 1.807) is 0 Å². The Morgan fingerprint density at radius 3 is 2.85 bits per heavy atom. The van der Waals surface area contributed by atoms with E-state index in [4.69, 9.17) is 9.73 Å². The van der Waals surface area contributed by atoms with Gasteiger partial charge in [-0.1, -0.05) is 43.8 Å². The van der Waals surface area contributed by atoms with E-state index < -0.39 is 0 Å². The number of para-hydroxylation sites is 1. The van der Waals surface area contributed by atoms with Crippen LogP contribution in [0.2, 0.25) is 0 Å². The van der Waals surface area contributed by atoms with E-state index in [0.29, 0.717) is 0 Å². The minimum absolute atomic E-state index is 0.195. The van der Waals surface area contributed by atoms with E-state index in [9.17, 15) is 0 Å². The fourth-order valence-electron chi connectivity index (χ4n) is 2.76. The number of ether oxygens (including phenoxy) is 1. The standard InChI is InChI=1S/C16H22N2OS/c1-3-16(4-2)11-20-15(18-16)17-10-13-9-12-7-5-6-8-14(12)19-13/h5-8,13H,3-4,9-11H2,1-2H3,(H,17,18). The lowest BCUT2D eigenvalue weighted by Gasteiger charge is -2.25. The Labute approximate surface area is 125 Å². The van der Waals surface area contributed by atoms with Crippen LogP contribution in [0.4, 0.5) is 0 Å². The van der Waals surface area contributed by atoms with Crippen molar-refractivity contribution in [1.29, 1.82) is 0 Å². The summed E-state index contributed by atoms with van der Waals surface area (Å²) in [4.78, 5) is 4.72. The quantitative estimate of drug-likeness (QED) is 0.924. The van der Waals surface area contributed by atoms with Gasteiger partial charge in [0.1, 0.15) is 11.9 Å². The number of amidine groups is 1. The zero-order valence-corrected chi connectivity index (χ0v) is 13.0. The largest absolute Gasteiger partial charge is 0.488 e. The van der Waals surface area contributed by atoms with Crippen molar-refractivity contribution >= 4 is 16.9 Å². The molecule has 0 bridgehead atoms. The zero-order valence-electron chi connectivity index (χ0n) is 12.2. The van der Waals surface area contributed by atoms with Crippen LogP contribution in [0.5, 0.6) is 5.75 Å². The highest BCUT2D eigenvalue weighted by molar-refractivity contribution is 8.14. The third-order valence-electron chi connectivity index (χ3n) is 4.36. The summed E-state index contributed by atoms with van der Waals surface area (Å²) < 4.78 is 5.93. The molecule has 0 aliphatic carbocycles. The second-order valence-corrected chi connectivity index (χ2v) is 6.56.